The molecule has 16 heavy (non-hydrogen) atoms. The molecule has 0 bridgehead atoms. The van der Waals surface area contributed by atoms with Gasteiger partial charge >= 0.3 is 0 Å². The van der Waals surface area contributed by atoms with Gasteiger partial charge in [0.2, 0.25) is 0 Å². The van der Waals surface area contributed by atoms with Crippen LogP contribution in [0.3, 0.4) is 0 Å². The predicted octanol–water partition coefficient (Wildman–Crippen LogP) is -0.385. The van der Waals surface area contributed by atoms with Crippen LogP contribution >= 0.6 is 0 Å². The van der Waals surface area contributed by atoms with Gasteiger partial charge in [-0.2, -0.15) is 0 Å². The topological polar surface area (TPSA) is 72.2 Å². The Labute approximate surface area is 96.9 Å². The van der Waals surface area contributed by atoms with Gasteiger partial charge in [0.15, 0.2) is 0 Å². The minimum atomic E-state index is 0.235. The van der Waals surface area contributed by atoms with Crippen LogP contribution in [0.2, 0.25) is 0 Å². The molecule has 0 heterocycles. The van der Waals surface area contributed by atoms with Crippen molar-refractivity contribution in [2.45, 2.75) is 0 Å². The lowest BCUT2D eigenvalue weighted by Gasteiger charge is -2.06. The minimum Gasteiger partial charge on any atom is -0.382 e. The van der Waals surface area contributed by atoms with Crippen LogP contribution in [-0.2, 0) is 23.7 Å². The maximum Gasteiger partial charge on any atom is 0.0941 e. The van der Waals surface area contributed by atoms with Crippen molar-refractivity contribution in [2.75, 3.05) is 66.7 Å². The van der Waals surface area contributed by atoms with Crippen LogP contribution in [0.4, 0.5) is 0 Å². The van der Waals surface area contributed by atoms with Gasteiger partial charge in [0.05, 0.1) is 59.6 Å². The summed E-state index contributed by atoms with van der Waals surface area (Å²) < 4.78 is 25.4. The summed E-state index contributed by atoms with van der Waals surface area (Å²) in [5, 5.41) is 0. The van der Waals surface area contributed by atoms with Gasteiger partial charge in [-0.15, -0.1) is 0 Å². The van der Waals surface area contributed by atoms with Crippen molar-refractivity contribution in [1.82, 2.24) is 0 Å². The average molecular weight is 237 g/mol. The third kappa shape index (κ3) is 13.8. The molecule has 0 saturated heterocycles. The predicted molar refractivity (Wildman–Crippen MR) is 59.3 cm³/mol. The first kappa shape index (κ1) is 15.8. The molecular weight excluding hydrogens is 214 g/mol. The van der Waals surface area contributed by atoms with Crippen LogP contribution in [0, 0.1) is 0 Å². The lowest BCUT2D eigenvalue weighted by molar-refractivity contribution is -0.00727. The van der Waals surface area contributed by atoms with Crippen molar-refractivity contribution in [3.63, 3.8) is 0 Å². The van der Waals surface area contributed by atoms with E-state index in [1.54, 1.807) is 7.11 Å². The molecule has 0 aliphatic rings. The number of hydrogen-bond acceptors (Lipinski definition) is 6. The average Bonchev–Trinajstić information content (AvgIpc) is 2.31. The second kappa shape index (κ2) is 14.8. The molecule has 2 N–H and O–H groups in total. The third-order valence-corrected chi connectivity index (χ3v) is 1.67. The molecule has 0 radical (unpaired) electrons. The van der Waals surface area contributed by atoms with E-state index in [4.69, 9.17) is 29.4 Å². The Hall–Kier alpha value is -0.240. The van der Waals surface area contributed by atoms with E-state index in [0.29, 0.717) is 52.9 Å². The Morgan fingerprint density at radius 1 is 0.625 bits per heavy atom. The highest BCUT2D eigenvalue weighted by Crippen LogP contribution is 1.82. The zero-order valence-corrected chi connectivity index (χ0v) is 9.98. The molecule has 6 heteroatoms. The fourth-order valence-electron chi connectivity index (χ4n) is 0.885. The fourth-order valence-corrected chi connectivity index (χ4v) is 0.885. The Kier molecular flexibility index (Phi) is 14.5. The summed E-state index contributed by atoms with van der Waals surface area (Å²) in [5.74, 6) is 0. The summed E-state index contributed by atoms with van der Waals surface area (Å²) in [4.78, 5) is 0. The molecule has 0 saturated carbocycles. The quantitative estimate of drug-likeness (QED) is 0.347. The highest BCUT2D eigenvalue weighted by atomic mass is 16.6. The smallest absolute Gasteiger partial charge is 0.0941 e. The zero-order valence-electron chi connectivity index (χ0n) is 9.98. The van der Waals surface area contributed by atoms with Crippen LogP contribution in [0.15, 0.2) is 0 Å². The Morgan fingerprint density at radius 2 is 1.00 bits per heavy atom. The molecule has 0 atom stereocenters. The molecule has 0 aromatic heterocycles. The van der Waals surface area contributed by atoms with Gasteiger partial charge in [-0.3, -0.25) is 0 Å². The highest BCUT2D eigenvalue weighted by Gasteiger charge is 1.91. The SMILES string of the molecule is COCCOCCOCCOCCOCN. The number of rotatable bonds is 13. The first-order chi connectivity index (χ1) is 7.91. The molecule has 0 spiro atoms. The van der Waals surface area contributed by atoms with Gasteiger partial charge in [-0.25, -0.2) is 0 Å². The minimum absolute atomic E-state index is 0.235. The first-order valence-corrected chi connectivity index (χ1v) is 5.41. The summed E-state index contributed by atoms with van der Waals surface area (Å²) in [6.07, 6.45) is 0. The summed E-state index contributed by atoms with van der Waals surface area (Å²) in [6.45, 7) is 4.81. The Bertz CT molecular complexity index is 112. The Morgan fingerprint density at radius 3 is 1.38 bits per heavy atom. The molecule has 98 valence electrons. The van der Waals surface area contributed by atoms with E-state index in [2.05, 4.69) is 0 Å². The number of ether oxygens (including phenoxy) is 5. The molecule has 0 rings (SSSR count). The van der Waals surface area contributed by atoms with E-state index < -0.39 is 0 Å². The summed E-state index contributed by atoms with van der Waals surface area (Å²) in [6, 6.07) is 0. The van der Waals surface area contributed by atoms with Gasteiger partial charge in [0.25, 0.3) is 0 Å². The van der Waals surface area contributed by atoms with Crippen molar-refractivity contribution in [1.29, 1.82) is 0 Å². The first-order valence-electron chi connectivity index (χ1n) is 5.41. The van der Waals surface area contributed by atoms with Gasteiger partial charge in [0.1, 0.15) is 0 Å². The lowest BCUT2D eigenvalue weighted by Crippen LogP contribution is -2.14. The molecule has 0 aromatic rings. The molecule has 0 unspecified atom stereocenters. The standard InChI is InChI=1S/C10H23NO5/c1-12-2-3-13-4-5-14-6-7-15-8-9-16-10-11/h2-11H2,1H3. The van der Waals surface area contributed by atoms with Crippen LogP contribution in [-0.4, -0.2) is 66.7 Å². The third-order valence-electron chi connectivity index (χ3n) is 1.67. The summed E-state index contributed by atoms with van der Waals surface area (Å²) in [7, 11) is 1.64. The lowest BCUT2D eigenvalue weighted by atomic mass is 10.7. The zero-order chi connectivity index (χ0) is 11.9. The van der Waals surface area contributed by atoms with Crippen LogP contribution < -0.4 is 5.73 Å². The molecular formula is C10H23NO5. The van der Waals surface area contributed by atoms with Gasteiger partial charge in [0, 0.05) is 7.11 Å². The largest absolute Gasteiger partial charge is 0.382 e. The van der Waals surface area contributed by atoms with Crippen LogP contribution in [0.1, 0.15) is 0 Å². The van der Waals surface area contributed by atoms with E-state index in [-0.39, 0.29) is 6.73 Å². The second-order valence-corrected chi connectivity index (χ2v) is 2.90. The van der Waals surface area contributed by atoms with Crippen LogP contribution in [0.25, 0.3) is 0 Å². The van der Waals surface area contributed by atoms with E-state index >= 15 is 0 Å². The Balaban J connectivity index is 2.83. The molecule has 0 aliphatic heterocycles. The summed E-state index contributed by atoms with van der Waals surface area (Å²) >= 11 is 0. The van der Waals surface area contributed by atoms with E-state index in [1.807, 2.05) is 0 Å². The molecule has 0 aromatic carbocycles. The fraction of sp³-hybridized carbons (Fsp3) is 1.00. The number of hydrogen-bond donors (Lipinski definition) is 1. The second-order valence-electron chi connectivity index (χ2n) is 2.90. The number of methoxy groups -OCH3 is 1. The van der Waals surface area contributed by atoms with Crippen molar-refractivity contribution < 1.29 is 23.7 Å². The van der Waals surface area contributed by atoms with E-state index in [1.165, 1.54) is 0 Å². The number of nitrogens with two attached hydrogens (primary N) is 1. The van der Waals surface area contributed by atoms with Crippen molar-refractivity contribution in [3.8, 4) is 0 Å². The molecule has 0 fully saturated rings. The maximum atomic E-state index is 5.26. The summed E-state index contributed by atoms with van der Waals surface area (Å²) in [5.41, 5.74) is 5.13. The van der Waals surface area contributed by atoms with Crippen LogP contribution in [0.5, 0.6) is 0 Å². The normalized spacial score (nSPS) is 10.9. The van der Waals surface area contributed by atoms with Gasteiger partial charge in [-0.1, -0.05) is 0 Å². The van der Waals surface area contributed by atoms with E-state index in [0.717, 1.165) is 0 Å². The molecule has 0 aliphatic carbocycles. The van der Waals surface area contributed by atoms with Crippen molar-refractivity contribution >= 4 is 0 Å². The van der Waals surface area contributed by atoms with Gasteiger partial charge < -0.3 is 29.4 Å². The van der Waals surface area contributed by atoms with Crippen molar-refractivity contribution in [2.24, 2.45) is 5.73 Å². The maximum absolute atomic E-state index is 5.26. The van der Waals surface area contributed by atoms with E-state index in [9.17, 15) is 0 Å². The highest BCUT2D eigenvalue weighted by molar-refractivity contribution is 4.34. The molecule has 0 amide bonds. The van der Waals surface area contributed by atoms with Gasteiger partial charge in [-0.05, 0) is 0 Å². The molecule has 6 nitrogen and oxygen atoms in total. The monoisotopic (exact) mass is 237 g/mol. The van der Waals surface area contributed by atoms with Crippen molar-refractivity contribution in [3.05, 3.63) is 0 Å².